The lowest BCUT2D eigenvalue weighted by molar-refractivity contribution is 0.116. The molecule has 1 aliphatic carbocycles. The molecular weight excluding hydrogens is 232 g/mol. The highest BCUT2D eigenvalue weighted by Crippen LogP contribution is 2.27. The first-order valence-corrected chi connectivity index (χ1v) is 7.34. The second kappa shape index (κ2) is 5.94. The maximum atomic E-state index is 9.67. The van der Waals surface area contributed by atoms with Gasteiger partial charge in [-0.2, -0.15) is 0 Å². The number of thiazole rings is 1. The van der Waals surface area contributed by atoms with Crippen LogP contribution in [0.1, 0.15) is 42.3 Å². The molecular formula is C13H22N2OS. The van der Waals surface area contributed by atoms with Crippen molar-refractivity contribution >= 4 is 11.3 Å². The molecule has 0 bridgehead atoms. The molecule has 1 aliphatic rings. The molecule has 0 saturated carbocycles. The van der Waals surface area contributed by atoms with Crippen LogP contribution in [0.4, 0.5) is 0 Å². The fourth-order valence-corrected chi connectivity index (χ4v) is 3.22. The van der Waals surface area contributed by atoms with Crippen LogP contribution in [-0.4, -0.2) is 22.7 Å². The summed E-state index contributed by atoms with van der Waals surface area (Å²) in [4.78, 5) is 6.13. The minimum absolute atomic E-state index is 0.191. The summed E-state index contributed by atoms with van der Waals surface area (Å²) in [5.41, 5.74) is 1.33. The van der Waals surface area contributed by atoms with Gasteiger partial charge in [0.05, 0.1) is 11.8 Å². The van der Waals surface area contributed by atoms with E-state index in [1.165, 1.54) is 28.4 Å². The Morgan fingerprint density at radius 1 is 1.41 bits per heavy atom. The number of aliphatic hydroxyl groups excluding tert-OH is 1. The van der Waals surface area contributed by atoms with Gasteiger partial charge in [-0.15, -0.1) is 11.3 Å². The molecule has 4 heteroatoms. The maximum Gasteiger partial charge on any atom is 0.107 e. The van der Waals surface area contributed by atoms with Crippen LogP contribution in [0.5, 0.6) is 0 Å². The smallest absolute Gasteiger partial charge is 0.107 e. The third-order valence-electron chi connectivity index (χ3n) is 3.30. The first-order chi connectivity index (χ1) is 8.16. The van der Waals surface area contributed by atoms with Gasteiger partial charge >= 0.3 is 0 Å². The van der Waals surface area contributed by atoms with E-state index < -0.39 is 0 Å². The normalized spacial score (nSPS) is 16.5. The molecule has 0 aliphatic heterocycles. The van der Waals surface area contributed by atoms with Crippen LogP contribution in [0.25, 0.3) is 0 Å². The number of hydrogen-bond acceptors (Lipinski definition) is 4. The summed E-state index contributed by atoms with van der Waals surface area (Å²) >= 11 is 1.85. The van der Waals surface area contributed by atoms with E-state index in [-0.39, 0.29) is 6.10 Å². The molecule has 3 nitrogen and oxygen atoms in total. The van der Waals surface area contributed by atoms with E-state index in [4.69, 9.17) is 0 Å². The Balaban J connectivity index is 1.68. The Hall–Kier alpha value is -0.450. The molecule has 17 heavy (non-hydrogen) atoms. The molecule has 0 amide bonds. The fraction of sp³-hybridized carbons (Fsp3) is 0.769. The topological polar surface area (TPSA) is 45.1 Å². The monoisotopic (exact) mass is 254 g/mol. The van der Waals surface area contributed by atoms with Gasteiger partial charge in [-0.1, -0.05) is 13.8 Å². The zero-order valence-electron chi connectivity index (χ0n) is 10.7. The van der Waals surface area contributed by atoms with Crippen molar-refractivity contribution in [1.29, 1.82) is 0 Å². The average molecular weight is 254 g/mol. The Bertz CT molecular complexity index is 341. The molecule has 0 saturated heterocycles. The Morgan fingerprint density at radius 2 is 2.24 bits per heavy atom. The van der Waals surface area contributed by atoms with Crippen molar-refractivity contribution in [2.45, 2.75) is 52.2 Å². The number of aryl methyl sites for hydroxylation is 2. The van der Waals surface area contributed by atoms with Crippen molar-refractivity contribution in [2.75, 3.05) is 6.54 Å². The molecule has 2 rings (SSSR count). The van der Waals surface area contributed by atoms with Crippen molar-refractivity contribution in [1.82, 2.24) is 10.3 Å². The van der Waals surface area contributed by atoms with Gasteiger partial charge in [0.2, 0.25) is 0 Å². The second-order valence-corrected chi connectivity index (χ2v) is 6.28. The van der Waals surface area contributed by atoms with Gasteiger partial charge in [-0.3, -0.25) is 0 Å². The van der Waals surface area contributed by atoms with Crippen molar-refractivity contribution in [3.05, 3.63) is 15.6 Å². The quantitative estimate of drug-likeness (QED) is 0.764. The summed E-state index contributed by atoms with van der Waals surface area (Å²) in [5, 5.41) is 14.2. The van der Waals surface area contributed by atoms with Crippen LogP contribution in [0, 0.1) is 5.92 Å². The minimum Gasteiger partial charge on any atom is -0.393 e. The molecule has 2 N–H and O–H groups in total. The van der Waals surface area contributed by atoms with Gasteiger partial charge in [0.15, 0.2) is 0 Å². The van der Waals surface area contributed by atoms with Crippen LogP contribution < -0.4 is 5.32 Å². The minimum atomic E-state index is -0.191. The van der Waals surface area contributed by atoms with Crippen LogP contribution in [-0.2, 0) is 19.4 Å². The molecule has 1 aromatic heterocycles. The van der Waals surface area contributed by atoms with E-state index in [1.54, 1.807) is 0 Å². The molecule has 0 fully saturated rings. The number of fused-ring (bicyclic) bond motifs is 1. The summed E-state index contributed by atoms with van der Waals surface area (Å²) in [6.45, 7) is 5.82. The largest absolute Gasteiger partial charge is 0.393 e. The number of rotatable bonds is 6. The van der Waals surface area contributed by atoms with E-state index in [9.17, 15) is 5.11 Å². The van der Waals surface area contributed by atoms with Gasteiger partial charge in [0, 0.05) is 11.4 Å². The van der Waals surface area contributed by atoms with E-state index in [0.29, 0.717) is 5.92 Å². The van der Waals surface area contributed by atoms with Crippen LogP contribution >= 0.6 is 11.3 Å². The second-order valence-electron chi connectivity index (χ2n) is 5.11. The lowest BCUT2D eigenvalue weighted by Crippen LogP contribution is -2.23. The van der Waals surface area contributed by atoms with E-state index in [0.717, 1.165) is 25.9 Å². The molecule has 1 heterocycles. The summed E-state index contributed by atoms with van der Waals surface area (Å²) in [5.74, 6) is 0.348. The lowest BCUT2D eigenvalue weighted by Gasteiger charge is -2.13. The molecule has 1 atom stereocenters. The predicted octanol–water partition coefficient (Wildman–Crippen LogP) is 2.13. The Morgan fingerprint density at radius 3 is 2.94 bits per heavy atom. The number of aromatic nitrogens is 1. The van der Waals surface area contributed by atoms with E-state index in [2.05, 4.69) is 24.1 Å². The molecule has 0 spiro atoms. The molecule has 0 aromatic carbocycles. The number of hydrogen-bond donors (Lipinski definition) is 2. The Labute approximate surface area is 107 Å². The standard InChI is InChI=1S/C13H22N2OS/c1-9(2)11(16)6-7-14-8-13-15-10-4-3-5-12(10)17-13/h9,11,14,16H,3-8H2,1-2H3. The summed E-state index contributed by atoms with van der Waals surface area (Å²) in [6.07, 6.45) is 4.30. The van der Waals surface area contributed by atoms with Crippen molar-refractivity contribution in [3.8, 4) is 0 Å². The summed E-state index contributed by atoms with van der Waals surface area (Å²) < 4.78 is 0. The first-order valence-electron chi connectivity index (χ1n) is 6.53. The SMILES string of the molecule is CC(C)C(O)CCNCc1nc2c(s1)CCC2. The highest BCUT2D eigenvalue weighted by molar-refractivity contribution is 7.11. The third-order valence-corrected chi connectivity index (χ3v) is 4.46. The molecule has 1 unspecified atom stereocenters. The molecule has 96 valence electrons. The van der Waals surface area contributed by atoms with Gasteiger partial charge in [0.25, 0.3) is 0 Å². The fourth-order valence-electron chi connectivity index (χ4n) is 2.10. The van der Waals surface area contributed by atoms with Gasteiger partial charge in [-0.25, -0.2) is 4.98 Å². The summed E-state index contributed by atoms with van der Waals surface area (Å²) in [6, 6.07) is 0. The molecule has 1 aromatic rings. The van der Waals surface area contributed by atoms with Crippen LogP contribution in [0.2, 0.25) is 0 Å². The highest BCUT2D eigenvalue weighted by Gasteiger charge is 2.16. The van der Waals surface area contributed by atoms with Crippen LogP contribution in [0.15, 0.2) is 0 Å². The highest BCUT2D eigenvalue weighted by atomic mass is 32.1. The summed E-state index contributed by atoms with van der Waals surface area (Å²) in [7, 11) is 0. The van der Waals surface area contributed by atoms with Crippen molar-refractivity contribution < 1.29 is 5.11 Å². The average Bonchev–Trinajstić information content (AvgIpc) is 2.83. The van der Waals surface area contributed by atoms with E-state index in [1.807, 2.05) is 11.3 Å². The number of aliphatic hydroxyl groups is 1. The van der Waals surface area contributed by atoms with Crippen molar-refractivity contribution in [3.63, 3.8) is 0 Å². The van der Waals surface area contributed by atoms with Gasteiger partial charge < -0.3 is 10.4 Å². The molecule has 0 radical (unpaired) electrons. The zero-order valence-corrected chi connectivity index (χ0v) is 11.5. The zero-order chi connectivity index (χ0) is 12.3. The van der Waals surface area contributed by atoms with E-state index >= 15 is 0 Å². The predicted molar refractivity (Wildman–Crippen MR) is 71.3 cm³/mol. The van der Waals surface area contributed by atoms with Crippen LogP contribution in [0.3, 0.4) is 0 Å². The Kier molecular flexibility index (Phi) is 4.54. The van der Waals surface area contributed by atoms with Gasteiger partial charge in [-0.05, 0) is 38.1 Å². The first kappa shape index (κ1) is 13.0. The maximum absolute atomic E-state index is 9.67. The number of nitrogens with zero attached hydrogens (tertiary/aromatic N) is 1. The third kappa shape index (κ3) is 3.50. The van der Waals surface area contributed by atoms with Gasteiger partial charge in [0.1, 0.15) is 5.01 Å². The van der Waals surface area contributed by atoms with Crippen molar-refractivity contribution in [2.24, 2.45) is 5.92 Å². The number of nitrogens with one attached hydrogen (secondary N) is 1. The lowest BCUT2D eigenvalue weighted by atomic mass is 10.0.